The number of nitriles is 2. The van der Waals surface area contributed by atoms with Gasteiger partial charge in [-0.05, 0) is 66.1 Å². The molecule has 7 aromatic rings. The summed E-state index contributed by atoms with van der Waals surface area (Å²) in [6, 6.07) is 45.1. The van der Waals surface area contributed by atoms with E-state index in [9.17, 15) is 10.5 Å². The van der Waals surface area contributed by atoms with Gasteiger partial charge in [-0.3, -0.25) is 0 Å². The predicted molar refractivity (Wildman–Crippen MR) is 195 cm³/mol. The lowest BCUT2D eigenvalue weighted by Gasteiger charge is -2.31. The quantitative estimate of drug-likeness (QED) is 0.198. The van der Waals surface area contributed by atoms with Crippen LogP contribution in [0.1, 0.15) is 41.0 Å². The highest BCUT2D eigenvalue weighted by Gasteiger charge is 2.30. The monoisotopic (exact) mass is 614 g/mol. The van der Waals surface area contributed by atoms with Gasteiger partial charge in [-0.15, -0.1) is 0 Å². The van der Waals surface area contributed by atoms with E-state index in [0.717, 1.165) is 33.9 Å². The summed E-state index contributed by atoms with van der Waals surface area (Å²) in [5.74, 6) is 0.164. The number of rotatable bonds is 4. The van der Waals surface area contributed by atoms with Crippen molar-refractivity contribution in [3.05, 3.63) is 174 Å². The SMILES string of the molecule is N#CC1=CC(c2ccccc2[C@H]2C=CC(n3c4ccccc4c4cc(C#N)ccc43)=CC2)C(n2c3ccccc3c3ccccc32)C=C1. The second-order valence-corrected chi connectivity index (χ2v) is 12.7. The van der Waals surface area contributed by atoms with Crippen LogP contribution in [0.2, 0.25) is 0 Å². The van der Waals surface area contributed by atoms with Crippen LogP contribution in [0.25, 0.3) is 49.3 Å². The Balaban J connectivity index is 1.13. The molecule has 4 nitrogen and oxygen atoms in total. The van der Waals surface area contributed by atoms with Crippen molar-refractivity contribution in [3.63, 3.8) is 0 Å². The Hall–Kier alpha value is -6.36. The standard InChI is InChI=1S/C44H30N4/c45-27-29-18-24-44(48-41-15-7-3-11-35(41)36-12-4-8-16-42(36)48)38(25-29)34-10-2-1-9-33(34)31-19-21-32(22-20-31)47-40-14-6-5-13-37(40)39-26-30(28-46)17-23-43(39)47/h1-19,21-26,31,38,44H,20H2/t31-,38?,44?/m0/s1. The lowest BCUT2D eigenvalue weighted by molar-refractivity contribution is 0.568. The van der Waals surface area contributed by atoms with Crippen molar-refractivity contribution in [2.75, 3.05) is 0 Å². The third kappa shape index (κ3) is 4.28. The first-order valence-electron chi connectivity index (χ1n) is 16.4. The second-order valence-electron chi connectivity index (χ2n) is 12.7. The molecule has 226 valence electrons. The number of hydrogen-bond donors (Lipinski definition) is 0. The van der Waals surface area contributed by atoms with Gasteiger partial charge in [-0.25, -0.2) is 0 Å². The van der Waals surface area contributed by atoms with E-state index in [2.05, 4.69) is 155 Å². The van der Waals surface area contributed by atoms with Gasteiger partial charge in [0.2, 0.25) is 0 Å². The van der Waals surface area contributed by atoms with Gasteiger partial charge in [-0.1, -0.05) is 103 Å². The summed E-state index contributed by atoms with van der Waals surface area (Å²) in [5.41, 5.74) is 9.65. The molecular formula is C44H30N4. The first-order chi connectivity index (χ1) is 23.7. The molecule has 4 heteroatoms. The summed E-state index contributed by atoms with van der Waals surface area (Å²) in [4.78, 5) is 0. The average molecular weight is 615 g/mol. The van der Waals surface area contributed by atoms with Gasteiger partial charge in [0, 0.05) is 55.7 Å². The smallest absolute Gasteiger partial charge is 0.0991 e. The molecule has 0 N–H and O–H groups in total. The van der Waals surface area contributed by atoms with Crippen molar-refractivity contribution in [1.29, 1.82) is 10.5 Å². The molecule has 2 unspecified atom stereocenters. The van der Waals surface area contributed by atoms with E-state index in [1.54, 1.807) is 0 Å². The van der Waals surface area contributed by atoms with E-state index in [0.29, 0.717) is 11.1 Å². The molecule has 0 saturated heterocycles. The van der Waals surface area contributed by atoms with E-state index < -0.39 is 0 Å². The predicted octanol–water partition coefficient (Wildman–Crippen LogP) is 10.7. The molecule has 0 spiro atoms. The second kappa shape index (κ2) is 11.2. The number of benzene rings is 5. The summed E-state index contributed by atoms with van der Waals surface area (Å²) in [5, 5.41) is 24.3. The van der Waals surface area contributed by atoms with Gasteiger partial charge < -0.3 is 9.13 Å². The maximum atomic E-state index is 10.0. The van der Waals surface area contributed by atoms with Crippen LogP contribution in [0, 0.1) is 22.7 Å². The molecule has 0 saturated carbocycles. The van der Waals surface area contributed by atoms with E-state index in [1.165, 1.54) is 32.9 Å². The van der Waals surface area contributed by atoms with Crippen LogP contribution in [-0.4, -0.2) is 9.13 Å². The lowest BCUT2D eigenvalue weighted by atomic mass is 9.79. The maximum Gasteiger partial charge on any atom is 0.0991 e. The van der Waals surface area contributed by atoms with Gasteiger partial charge >= 0.3 is 0 Å². The van der Waals surface area contributed by atoms with Gasteiger partial charge in [-0.2, -0.15) is 10.5 Å². The zero-order chi connectivity index (χ0) is 32.2. The van der Waals surface area contributed by atoms with Crippen molar-refractivity contribution in [3.8, 4) is 12.1 Å². The normalized spacial score (nSPS) is 19.0. The Morgan fingerprint density at radius 2 is 1.21 bits per heavy atom. The molecule has 2 aliphatic carbocycles. The number of hydrogen-bond acceptors (Lipinski definition) is 2. The molecule has 0 radical (unpaired) electrons. The van der Waals surface area contributed by atoms with Crippen LogP contribution < -0.4 is 0 Å². The lowest BCUT2D eigenvalue weighted by Crippen LogP contribution is -2.19. The fourth-order valence-electron chi connectivity index (χ4n) is 8.02. The van der Waals surface area contributed by atoms with Crippen LogP contribution in [0.3, 0.4) is 0 Å². The van der Waals surface area contributed by atoms with Gasteiger partial charge in [0.25, 0.3) is 0 Å². The van der Waals surface area contributed by atoms with Crippen molar-refractivity contribution in [2.45, 2.75) is 24.3 Å². The highest BCUT2D eigenvalue weighted by molar-refractivity contribution is 6.11. The van der Waals surface area contributed by atoms with Crippen LogP contribution in [0.15, 0.2) is 157 Å². The third-order valence-electron chi connectivity index (χ3n) is 10.1. The number of aromatic nitrogens is 2. The van der Waals surface area contributed by atoms with Gasteiger partial charge in [0.15, 0.2) is 0 Å². The fraction of sp³-hybridized carbons (Fsp3) is 0.0909. The molecule has 0 fully saturated rings. The summed E-state index contributed by atoms with van der Waals surface area (Å²) in [6.45, 7) is 0. The maximum absolute atomic E-state index is 10.0. The molecule has 48 heavy (non-hydrogen) atoms. The summed E-state index contributed by atoms with van der Waals surface area (Å²) >= 11 is 0. The molecule has 9 rings (SSSR count). The summed E-state index contributed by atoms with van der Waals surface area (Å²) < 4.78 is 4.78. The van der Waals surface area contributed by atoms with Crippen molar-refractivity contribution in [2.24, 2.45) is 0 Å². The number of nitrogens with zero attached hydrogens (tertiary/aromatic N) is 4. The minimum Gasteiger partial charge on any atom is -0.332 e. The van der Waals surface area contributed by atoms with E-state index in [1.807, 2.05) is 18.2 Å². The van der Waals surface area contributed by atoms with E-state index in [-0.39, 0.29) is 17.9 Å². The molecule has 3 atom stereocenters. The summed E-state index contributed by atoms with van der Waals surface area (Å²) in [7, 11) is 0. The van der Waals surface area contributed by atoms with Crippen molar-refractivity contribution >= 4 is 49.3 Å². The highest BCUT2D eigenvalue weighted by atomic mass is 15.0. The zero-order valence-electron chi connectivity index (χ0n) is 26.2. The molecule has 0 bridgehead atoms. The Morgan fingerprint density at radius 3 is 1.88 bits per heavy atom. The summed E-state index contributed by atoms with van der Waals surface area (Å²) in [6.07, 6.45) is 14.1. The molecular weight excluding hydrogens is 585 g/mol. The number of para-hydroxylation sites is 3. The molecule has 0 aliphatic heterocycles. The largest absolute Gasteiger partial charge is 0.332 e. The van der Waals surface area contributed by atoms with E-state index >= 15 is 0 Å². The fourth-order valence-corrected chi connectivity index (χ4v) is 8.02. The van der Waals surface area contributed by atoms with Crippen LogP contribution in [0.4, 0.5) is 0 Å². The van der Waals surface area contributed by atoms with Crippen LogP contribution in [-0.2, 0) is 0 Å². The first kappa shape index (κ1) is 27.9. The zero-order valence-corrected chi connectivity index (χ0v) is 26.2. The third-order valence-corrected chi connectivity index (χ3v) is 10.1. The molecule has 2 aliphatic rings. The van der Waals surface area contributed by atoms with Crippen molar-refractivity contribution < 1.29 is 0 Å². The topological polar surface area (TPSA) is 57.4 Å². The Morgan fingerprint density at radius 1 is 0.583 bits per heavy atom. The van der Waals surface area contributed by atoms with Crippen LogP contribution in [0.5, 0.6) is 0 Å². The molecule has 0 amide bonds. The molecule has 5 aromatic carbocycles. The van der Waals surface area contributed by atoms with Gasteiger partial charge in [0.05, 0.1) is 34.8 Å². The Bertz CT molecular complexity index is 2590. The Labute approximate surface area is 278 Å². The average Bonchev–Trinajstić information content (AvgIpc) is 3.67. The van der Waals surface area contributed by atoms with E-state index in [4.69, 9.17) is 0 Å². The van der Waals surface area contributed by atoms with Crippen molar-refractivity contribution in [1.82, 2.24) is 9.13 Å². The number of allylic oxidation sites excluding steroid dienone is 8. The minimum atomic E-state index is -0.0227. The Kier molecular flexibility index (Phi) is 6.49. The van der Waals surface area contributed by atoms with Crippen LogP contribution >= 0.6 is 0 Å². The number of fused-ring (bicyclic) bond motifs is 6. The highest BCUT2D eigenvalue weighted by Crippen LogP contribution is 2.45. The molecule has 2 aromatic heterocycles. The first-order valence-corrected chi connectivity index (χ1v) is 16.4. The molecule has 2 heterocycles. The van der Waals surface area contributed by atoms with Gasteiger partial charge in [0.1, 0.15) is 0 Å². The minimum absolute atomic E-state index is 0.00243.